The molecule has 0 saturated carbocycles. The number of aromatic nitrogens is 3. The number of nitrogens with one attached hydrogen (secondary N) is 1. The Morgan fingerprint density at radius 3 is 2.92 bits per heavy atom. The summed E-state index contributed by atoms with van der Waals surface area (Å²) in [4.78, 5) is 8.79. The van der Waals surface area contributed by atoms with E-state index in [4.69, 9.17) is 4.52 Å². The van der Waals surface area contributed by atoms with Gasteiger partial charge < -0.3 is 9.84 Å². The van der Waals surface area contributed by atoms with Crippen molar-refractivity contribution >= 4 is 5.82 Å². The third-order valence-electron chi connectivity index (χ3n) is 4.47. The predicted molar refractivity (Wildman–Crippen MR) is 92.7 cm³/mol. The van der Waals surface area contributed by atoms with Crippen LogP contribution in [-0.4, -0.2) is 15.1 Å². The highest BCUT2D eigenvalue weighted by molar-refractivity contribution is 5.58. The monoisotopic (exact) mass is 338 g/mol. The lowest BCUT2D eigenvalue weighted by atomic mass is 10.1. The van der Waals surface area contributed by atoms with Gasteiger partial charge in [0.2, 0.25) is 0 Å². The van der Waals surface area contributed by atoms with Crippen LogP contribution in [0.3, 0.4) is 0 Å². The Labute approximate surface area is 145 Å². The molecule has 25 heavy (non-hydrogen) atoms. The molecular formula is C19H19FN4O. The van der Waals surface area contributed by atoms with E-state index in [-0.39, 0.29) is 17.8 Å². The molecule has 1 aliphatic carbocycles. The first-order valence-corrected chi connectivity index (χ1v) is 8.45. The molecule has 1 atom stereocenters. The van der Waals surface area contributed by atoms with Crippen LogP contribution in [0, 0.1) is 5.82 Å². The molecule has 0 fully saturated rings. The van der Waals surface area contributed by atoms with E-state index in [9.17, 15) is 4.39 Å². The van der Waals surface area contributed by atoms with Crippen LogP contribution in [0.1, 0.15) is 49.2 Å². The van der Waals surface area contributed by atoms with E-state index >= 15 is 0 Å². The Bertz CT molecular complexity index is 906. The van der Waals surface area contributed by atoms with Gasteiger partial charge in [-0.3, -0.25) is 0 Å². The van der Waals surface area contributed by atoms with Crippen molar-refractivity contribution in [1.82, 2.24) is 15.1 Å². The summed E-state index contributed by atoms with van der Waals surface area (Å²) in [6.07, 6.45) is 3.56. The van der Waals surface area contributed by atoms with Gasteiger partial charge in [0.05, 0.1) is 6.04 Å². The summed E-state index contributed by atoms with van der Waals surface area (Å²) in [5.41, 5.74) is 3.01. The fraction of sp³-hybridized carbons (Fsp3) is 0.316. The Hall–Kier alpha value is -2.76. The zero-order valence-electron chi connectivity index (χ0n) is 14.2. The van der Waals surface area contributed by atoms with Crippen LogP contribution < -0.4 is 5.32 Å². The normalized spacial score (nSPS) is 16.2. The van der Waals surface area contributed by atoms with Crippen molar-refractivity contribution in [1.29, 1.82) is 0 Å². The second kappa shape index (κ2) is 6.27. The summed E-state index contributed by atoms with van der Waals surface area (Å²) >= 11 is 0. The van der Waals surface area contributed by atoms with Crippen LogP contribution in [0.4, 0.5) is 10.2 Å². The summed E-state index contributed by atoms with van der Waals surface area (Å²) in [5.74, 6) is 1.88. The standard InChI is InChI=1S/C19H19FN4O/c1-11(2)18-23-19(25-24-18)13-7-8-21-17(9-13)22-16-6-4-12-3-5-14(20)10-15(12)16/h3,5,7-11,16H,4,6H2,1-2H3,(H,21,22). The van der Waals surface area contributed by atoms with E-state index in [0.717, 1.165) is 24.0 Å². The largest absolute Gasteiger partial charge is 0.363 e. The molecule has 1 unspecified atom stereocenters. The number of hydrogen-bond acceptors (Lipinski definition) is 5. The SMILES string of the molecule is CC(C)c1noc(-c2ccnc(NC3CCc4ccc(F)cc43)c2)n1. The average molecular weight is 338 g/mol. The molecule has 0 radical (unpaired) electrons. The number of rotatable bonds is 4. The van der Waals surface area contributed by atoms with Gasteiger partial charge in [-0.25, -0.2) is 9.37 Å². The molecule has 0 spiro atoms. The maximum atomic E-state index is 13.6. The first kappa shape index (κ1) is 15.7. The molecular weight excluding hydrogens is 319 g/mol. The van der Waals surface area contributed by atoms with Crippen LogP contribution >= 0.6 is 0 Å². The van der Waals surface area contributed by atoms with Crippen LogP contribution in [-0.2, 0) is 6.42 Å². The topological polar surface area (TPSA) is 63.8 Å². The Morgan fingerprint density at radius 1 is 1.24 bits per heavy atom. The maximum Gasteiger partial charge on any atom is 0.258 e. The Kier molecular flexibility index (Phi) is 3.95. The summed E-state index contributed by atoms with van der Waals surface area (Å²) < 4.78 is 18.9. The van der Waals surface area contributed by atoms with Crippen molar-refractivity contribution in [2.75, 3.05) is 5.32 Å². The molecule has 2 aromatic heterocycles. The first-order chi connectivity index (χ1) is 12.1. The number of pyridine rings is 1. The van der Waals surface area contributed by atoms with Crippen molar-refractivity contribution in [3.05, 3.63) is 59.3 Å². The summed E-state index contributed by atoms with van der Waals surface area (Å²) in [6.45, 7) is 4.04. The number of hydrogen-bond donors (Lipinski definition) is 1. The van der Waals surface area contributed by atoms with Gasteiger partial charge in [0, 0.05) is 17.7 Å². The minimum absolute atomic E-state index is 0.0577. The summed E-state index contributed by atoms with van der Waals surface area (Å²) in [6, 6.07) is 8.77. The Morgan fingerprint density at radius 2 is 2.12 bits per heavy atom. The third-order valence-corrected chi connectivity index (χ3v) is 4.47. The lowest BCUT2D eigenvalue weighted by Crippen LogP contribution is -2.08. The Balaban J connectivity index is 1.58. The molecule has 4 rings (SSSR count). The zero-order valence-corrected chi connectivity index (χ0v) is 14.2. The van der Waals surface area contributed by atoms with Crippen LogP contribution in [0.15, 0.2) is 41.1 Å². The summed E-state index contributed by atoms with van der Waals surface area (Å²) in [5, 5.41) is 7.39. The van der Waals surface area contributed by atoms with Gasteiger partial charge in [0.15, 0.2) is 5.82 Å². The van der Waals surface area contributed by atoms with E-state index in [1.807, 2.05) is 32.0 Å². The molecule has 1 aromatic carbocycles. The number of anilines is 1. The molecule has 0 bridgehead atoms. The quantitative estimate of drug-likeness (QED) is 0.759. The van der Waals surface area contributed by atoms with E-state index < -0.39 is 0 Å². The van der Waals surface area contributed by atoms with Crippen molar-refractivity contribution in [2.24, 2.45) is 0 Å². The molecule has 2 heterocycles. The fourth-order valence-electron chi connectivity index (χ4n) is 3.13. The molecule has 1 aliphatic rings. The fourth-order valence-corrected chi connectivity index (χ4v) is 3.13. The molecule has 1 N–H and O–H groups in total. The average Bonchev–Trinajstić information content (AvgIpc) is 3.23. The molecule has 0 aliphatic heterocycles. The van der Waals surface area contributed by atoms with Gasteiger partial charge in [-0.05, 0) is 48.2 Å². The van der Waals surface area contributed by atoms with E-state index in [1.165, 1.54) is 11.6 Å². The second-order valence-electron chi connectivity index (χ2n) is 6.62. The van der Waals surface area contributed by atoms with Crippen molar-refractivity contribution in [3.8, 4) is 11.5 Å². The summed E-state index contributed by atoms with van der Waals surface area (Å²) in [7, 11) is 0. The number of nitrogens with zero attached hydrogens (tertiary/aromatic N) is 3. The molecule has 0 amide bonds. The molecule has 128 valence electrons. The van der Waals surface area contributed by atoms with Crippen LogP contribution in [0.2, 0.25) is 0 Å². The van der Waals surface area contributed by atoms with E-state index in [1.54, 1.807) is 12.3 Å². The van der Waals surface area contributed by atoms with Gasteiger partial charge >= 0.3 is 0 Å². The van der Waals surface area contributed by atoms with E-state index in [0.29, 0.717) is 17.5 Å². The predicted octanol–water partition coefficient (Wildman–Crippen LogP) is 4.49. The lowest BCUT2D eigenvalue weighted by Gasteiger charge is -2.15. The highest BCUT2D eigenvalue weighted by Gasteiger charge is 2.23. The van der Waals surface area contributed by atoms with Gasteiger partial charge in [-0.15, -0.1) is 0 Å². The number of benzene rings is 1. The second-order valence-corrected chi connectivity index (χ2v) is 6.62. The minimum atomic E-state index is -0.207. The van der Waals surface area contributed by atoms with Gasteiger partial charge in [0.1, 0.15) is 11.6 Å². The highest BCUT2D eigenvalue weighted by atomic mass is 19.1. The van der Waals surface area contributed by atoms with Crippen molar-refractivity contribution < 1.29 is 8.91 Å². The number of halogens is 1. The lowest BCUT2D eigenvalue weighted by molar-refractivity contribution is 0.419. The third kappa shape index (κ3) is 3.12. The smallest absolute Gasteiger partial charge is 0.258 e. The minimum Gasteiger partial charge on any atom is -0.363 e. The zero-order chi connectivity index (χ0) is 17.4. The van der Waals surface area contributed by atoms with Crippen LogP contribution in [0.5, 0.6) is 0 Å². The van der Waals surface area contributed by atoms with E-state index in [2.05, 4.69) is 20.4 Å². The van der Waals surface area contributed by atoms with Crippen molar-refractivity contribution in [2.45, 2.75) is 38.6 Å². The van der Waals surface area contributed by atoms with Crippen molar-refractivity contribution in [3.63, 3.8) is 0 Å². The molecule has 5 nitrogen and oxygen atoms in total. The molecule has 3 aromatic rings. The van der Waals surface area contributed by atoms with Crippen LogP contribution in [0.25, 0.3) is 11.5 Å². The molecule has 0 saturated heterocycles. The number of fused-ring (bicyclic) bond motifs is 1. The van der Waals surface area contributed by atoms with Gasteiger partial charge in [-0.2, -0.15) is 4.98 Å². The first-order valence-electron chi connectivity index (χ1n) is 8.45. The number of aryl methyl sites for hydroxylation is 1. The van der Waals surface area contributed by atoms with Gasteiger partial charge in [-0.1, -0.05) is 25.1 Å². The molecule has 6 heteroatoms. The highest BCUT2D eigenvalue weighted by Crippen LogP contribution is 2.34. The van der Waals surface area contributed by atoms with Gasteiger partial charge in [0.25, 0.3) is 5.89 Å². The maximum absolute atomic E-state index is 13.6.